The lowest BCUT2D eigenvalue weighted by atomic mass is 9.91. The molecule has 0 aliphatic rings. The van der Waals surface area contributed by atoms with E-state index in [0.29, 0.717) is 5.82 Å². The van der Waals surface area contributed by atoms with E-state index in [1.807, 2.05) is 24.5 Å². The smallest absolute Gasteiger partial charge is 0.160 e. The van der Waals surface area contributed by atoms with Crippen LogP contribution >= 0.6 is 0 Å². The van der Waals surface area contributed by atoms with Crippen molar-refractivity contribution in [1.82, 2.24) is 19.9 Å². The van der Waals surface area contributed by atoms with Gasteiger partial charge in [0.15, 0.2) is 5.82 Å². The molecule has 0 saturated heterocycles. The third kappa shape index (κ3) is 7.27. The number of pyridine rings is 2. The maximum Gasteiger partial charge on any atom is 0.160 e. The first kappa shape index (κ1) is 38.8. The molecular weight excluding hydrogens is 801 g/mol. The van der Waals surface area contributed by atoms with Crippen molar-refractivity contribution < 1.29 is 0 Å². The van der Waals surface area contributed by atoms with Crippen molar-refractivity contribution in [3.8, 4) is 89.4 Å². The molecule has 0 amide bonds. The van der Waals surface area contributed by atoms with Gasteiger partial charge in [0.05, 0.1) is 22.2 Å². The summed E-state index contributed by atoms with van der Waals surface area (Å²) in [5.41, 5.74) is 19.0. The second-order valence-corrected chi connectivity index (χ2v) is 16.6. The summed E-state index contributed by atoms with van der Waals surface area (Å²) in [4.78, 5) is 20.6. The Morgan fingerprint density at radius 2 is 0.697 bits per heavy atom. The number of nitrogens with zero attached hydrogens (tertiary/aromatic N) is 4. The van der Waals surface area contributed by atoms with Crippen molar-refractivity contribution in [3.05, 3.63) is 243 Å². The van der Waals surface area contributed by atoms with Crippen molar-refractivity contribution in [2.45, 2.75) is 0 Å². The molecule has 308 valence electrons. The van der Waals surface area contributed by atoms with Crippen LogP contribution in [0.3, 0.4) is 0 Å². The molecule has 66 heavy (non-hydrogen) atoms. The fraction of sp³-hybridized carbons (Fsp3) is 0. The molecule has 4 nitrogen and oxygen atoms in total. The number of hydrogen-bond donors (Lipinski definition) is 0. The lowest BCUT2D eigenvalue weighted by molar-refractivity contribution is 1.23. The van der Waals surface area contributed by atoms with Crippen LogP contribution in [0.1, 0.15) is 0 Å². The molecule has 3 heterocycles. The molecule has 0 radical (unpaired) electrons. The van der Waals surface area contributed by atoms with E-state index < -0.39 is 0 Å². The second kappa shape index (κ2) is 16.7. The summed E-state index contributed by atoms with van der Waals surface area (Å²) in [7, 11) is 0. The molecule has 0 aliphatic heterocycles. The second-order valence-electron chi connectivity index (χ2n) is 16.6. The number of hydrogen-bond acceptors (Lipinski definition) is 4. The predicted molar refractivity (Wildman–Crippen MR) is 274 cm³/mol. The SMILES string of the molecule is c1ccc(-c2cccc(-c3cc(-c4cccc(-c5ccccc5)c4)c4nc(-c5ccc(-c6cccc7cccnc67)cc5)nc(-c5ccc(-c6cccc7cccnc67)cc5)c4c3)c2)cc1. The van der Waals surface area contributed by atoms with Crippen molar-refractivity contribution in [2.24, 2.45) is 0 Å². The highest BCUT2D eigenvalue weighted by atomic mass is 14.9. The third-order valence-corrected chi connectivity index (χ3v) is 12.6. The van der Waals surface area contributed by atoms with Crippen molar-refractivity contribution >= 4 is 32.7 Å². The third-order valence-electron chi connectivity index (χ3n) is 12.6. The molecular formula is C62H40N4. The van der Waals surface area contributed by atoms with Crippen LogP contribution in [0.15, 0.2) is 243 Å². The van der Waals surface area contributed by atoms with E-state index in [1.165, 1.54) is 5.56 Å². The van der Waals surface area contributed by atoms with E-state index in [-0.39, 0.29) is 0 Å². The summed E-state index contributed by atoms with van der Waals surface area (Å²) in [6, 6.07) is 81.6. The quantitative estimate of drug-likeness (QED) is 0.153. The molecule has 9 aromatic carbocycles. The molecule has 4 heteroatoms. The largest absolute Gasteiger partial charge is 0.256 e. The van der Waals surface area contributed by atoms with Crippen molar-refractivity contribution in [2.75, 3.05) is 0 Å². The summed E-state index contributed by atoms with van der Waals surface area (Å²) >= 11 is 0. The molecule has 0 saturated carbocycles. The van der Waals surface area contributed by atoms with E-state index in [0.717, 1.165) is 111 Å². The highest BCUT2D eigenvalue weighted by molar-refractivity contribution is 6.05. The fourth-order valence-electron chi connectivity index (χ4n) is 9.25. The van der Waals surface area contributed by atoms with Crippen molar-refractivity contribution in [1.29, 1.82) is 0 Å². The minimum atomic E-state index is 0.654. The number of benzene rings is 9. The van der Waals surface area contributed by atoms with Crippen LogP contribution in [0.25, 0.3) is 122 Å². The Labute approximate surface area is 383 Å². The highest BCUT2D eigenvalue weighted by Gasteiger charge is 2.19. The number of rotatable bonds is 8. The van der Waals surface area contributed by atoms with E-state index in [1.54, 1.807) is 0 Å². The molecule has 0 aliphatic carbocycles. The van der Waals surface area contributed by atoms with Crippen LogP contribution in [0.4, 0.5) is 0 Å². The molecule has 0 unspecified atom stereocenters. The first-order valence-corrected chi connectivity index (χ1v) is 22.3. The lowest BCUT2D eigenvalue weighted by Gasteiger charge is -2.17. The topological polar surface area (TPSA) is 51.6 Å². The first-order chi connectivity index (χ1) is 32.7. The fourth-order valence-corrected chi connectivity index (χ4v) is 9.25. The van der Waals surface area contributed by atoms with Crippen LogP contribution in [0.2, 0.25) is 0 Å². The van der Waals surface area contributed by atoms with Gasteiger partial charge in [-0.15, -0.1) is 0 Å². The summed E-state index contributed by atoms with van der Waals surface area (Å²) in [5.74, 6) is 0.654. The van der Waals surface area contributed by atoms with Gasteiger partial charge in [-0.3, -0.25) is 9.97 Å². The maximum absolute atomic E-state index is 5.53. The molecule has 0 bridgehead atoms. The van der Waals surface area contributed by atoms with Gasteiger partial charge in [0.25, 0.3) is 0 Å². The van der Waals surface area contributed by atoms with Crippen molar-refractivity contribution in [3.63, 3.8) is 0 Å². The standard InChI is InChI=1S/C62H40N4/c1-3-13-41(14-4-1)49-19-7-21-51(37-49)53-39-56(52-22-8-20-50(38-52)42-15-5-2-6-16-42)61-57(40-53)60(47-31-27-43(28-32-47)54-25-9-17-45-23-11-35-63-58(45)54)65-62(66-61)48-33-29-44(30-34-48)55-26-10-18-46-24-12-36-64-59(46)55/h1-40H. The van der Waals surface area contributed by atoms with Gasteiger partial charge < -0.3 is 0 Å². The van der Waals surface area contributed by atoms with Crippen LogP contribution in [0.5, 0.6) is 0 Å². The van der Waals surface area contributed by atoms with Gasteiger partial charge in [-0.05, 0) is 86.5 Å². The molecule has 12 aromatic rings. The summed E-state index contributed by atoms with van der Waals surface area (Å²) < 4.78 is 0. The predicted octanol–water partition coefficient (Wildman–Crippen LogP) is 16.1. The van der Waals surface area contributed by atoms with Gasteiger partial charge in [-0.25, -0.2) is 9.97 Å². The van der Waals surface area contributed by atoms with Gasteiger partial charge in [-0.1, -0.05) is 194 Å². The van der Waals surface area contributed by atoms with Gasteiger partial charge in [0.1, 0.15) is 0 Å². The Morgan fingerprint density at radius 3 is 1.27 bits per heavy atom. The zero-order valence-corrected chi connectivity index (χ0v) is 35.9. The molecule has 0 spiro atoms. The Balaban J connectivity index is 1.08. The van der Waals surface area contributed by atoms with Gasteiger partial charge in [0.2, 0.25) is 0 Å². The number of aromatic nitrogens is 4. The van der Waals surface area contributed by atoms with Crippen LogP contribution in [-0.2, 0) is 0 Å². The van der Waals surface area contributed by atoms with E-state index in [4.69, 9.17) is 19.9 Å². The lowest BCUT2D eigenvalue weighted by Crippen LogP contribution is -1.98. The zero-order valence-electron chi connectivity index (χ0n) is 35.9. The summed E-state index contributed by atoms with van der Waals surface area (Å²) in [5, 5.41) is 3.19. The zero-order chi connectivity index (χ0) is 43.8. The molecule has 0 atom stereocenters. The maximum atomic E-state index is 5.53. The Hall–Kier alpha value is -8.86. The van der Waals surface area contributed by atoms with Gasteiger partial charge in [0, 0.05) is 56.4 Å². The molecule has 0 fully saturated rings. The van der Waals surface area contributed by atoms with E-state index in [2.05, 4.69) is 218 Å². The normalized spacial score (nSPS) is 11.3. The molecule has 0 N–H and O–H groups in total. The Kier molecular flexibility index (Phi) is 9.81. The number of para-hydroxylation sites is 2. The highest BCUT2D eigenvalue weighted by Crippen LogP contribution is 2.41. The average molecular weight is 841 g/mol. The Morgan fingerprint density at radius 1 is 0.242 bits per heavy atom. The minimum Gasteiger partial charge on any atom is -0.256 e. The number of fused-ring (bicyclic) bond motifs is 3. The average Bonchev–Trinajstić information content (AvgIpc) is 3.40. The van der Waals surface area contributed by atoms with E-state index in [9.17, 15) is 0 Å². The molecule has 3 aromatic heterocycles. The Bertz CT molecular complexity index is 3720. The van der Waals surface area contributed by atoms with E-state index >= 15 is 0 Å². The minimum absolute atomic E-state index is 0.654. The first-order valence-electron chi connectivity index (χ1n) is 22.3. The van der Waals surface area contributed by atoms with Gasteiger partial charge >= 0.3 is 0 Å². The van der Waals surface area contributed by atoms with Gasteiger partial charge in [-0.2, -0.15) is 0 Å². The van der Waals surface area contributed by atoms with Crippen LogP contribution in [0, 0.1) is 0 Å². The van der Waals surface area contributed by atoms with Crippen LogP contribution < -0.4 is 0 Å². The van der Waals surface area contributed by atoms with Crippen LogP contribution in [-0.4, -0.2) is 19.9 Å². The monoisotopic (exact) mass is 840 g/mol. The molecule has 12 rings (SSSR count). The summed E-state index contributed by atoms with van der Waals surface area (Å²) in [6.45, 7) is 0. The summed E-state index contributed by atoms with van der Waals surface area (Å²) in [6.07, 6.45) is 3.72.